The van der Waals surface area contributed by atoms with Gasteiger partial charge in [0.2, 0.25) is 5.91 Å². The van der Waals surface area contributed by atoms with Gasteiger partial charge in [0.1, 0.15) is 5.82 Å². The van der Waals surface area contributed by atoms with Gasteiger partial charge < -0.3 is 15.7 Å². The van der Waals surface area contributed by atoms with Gasteiger partial charge in [0, 0.05) is 16.8 Å². The number of carbonyl (C=O) groups excluding carboxylic acids is 2. The van der Waals surface area contributed by atoms with Crippen molar-refractivity contribution in [3.63, 3.8) is 0 Å². The molecule has 3 rings (SSSR count). The summed E-state index contributed by atoms with van der Waals surface area (Å²) in [5.74, 6) is -1.34. The fraction of sp³-hybridized carbons (Fsp3) is 0.0909. The van der Waals surface area contributed by atoms with Crippen LogP contribution in [0.2, 0.25) is 0 Å². The van der Waals surface area contributed by atoms with E-state index in [0.29, 0.717) is 11.5 Å². The van der Waals surface area contributed by atoms with Gasteiger partial charge in [0.05, 0.1) is 16.4 Å². The molecule has 0 bridgehead atoms. The molecular formula is C22H19N3O4S. The third-order valence-corrected chi connectivity index (χ3v) is 5.22. The number of hydrogen-bond acceptors (Lipinski definition) is 5. The van der Waals surface area contributed by atoms with E-state index in [1.54, 1.807) is 67.7 Å². The standard InChI is InChI=1S/C22H19N3O4S/c1-14(20(26)25-19-8-4-5-13-23-19)30-16-11-9-15(10-12-16)24-21(27)17-6-2-3-7-18(17)22(28)29/h2-14H,1H3,(H,24,27)(H,28,29)(H,23,25,26). The lowest BCUT2D eigenvalue weighted by Gasteiger charge is -2.12. The van der Waals surface area contributed by atoms with Crippen molar-refractivity contribution < 1.29 is 19.5 Å². The van der Waals surface area contributed by atoms with Gasteiger partial charge in [-0.2, -0.15) is 0 Å². The van der Waals surface area contributed by atoms with Crippen molar-refractivity contribution in [3.05, 3.63) is 84.1 Å². The van der Waals surface area contributed by atoms with Crippen LogP contribution < -0.4 is 10.6 Å². The minimum absolute atomic E-state index is 0.0603. The Labute approximate surface area is 177 Å². The molecule has 0 fully saturated rings. The van der Waals surface area contributed by atoms with E-state index in [1.807, 2.05) is 0 Å². The molecule has 3 aromatic rings. The second-order valence-electron chi connectivity index (χ2n) is 6.29. The van der Waals surface area contributed by atoms with Crippen molar-refractivity contribution in [3.8, 4) is 0 Å². The second-order valence-corrected chi connectivity index (χ2v) is 7.71. The first kappa shape index (κ1) is 21.1. The molecule has 0 aliphatic rings. The molecule has 0 saturated carbocycles. The summed E-state index contributed by atoms with van der Waals surface area (Å²) >= 11 is 1.37. The third kappa shape index (κ3) is 5.45. The van der Waals surface area contributed by atoms with Gasteiger partial charge in [-0.25, -0.2) is 9.78 Å². The van der Waals surface area contributed by atoms with Gasteiger partial charge in [0.25, 0.3) is 5.91 Å². The average molecular weight is 421 g/mol. The molecule has 7 nitrogen and oxygen atoms in total. The van der Waals surface area contributed by atoms with Crippen LogP contribution in [0.15, 0.2) is 77.8 Å². The number of carbonyl (C=O) groups is 3. The predicted octanol–water partition coefficient (Wildman–Crippen LogP) is 4.15. The molecule has 1 unspecified atom stereocenters. The van der Waals surface area contributed by atoms with Gasteiger partial charge in [-0.05, 0) is 55.5 Å². The number of nitrogens with zero attached hydrogens (tertiary/aromatic N) is 1. The van der Waals surface area contributed by atoms with E-state index < -0.39 is 11.9 Å². The Bertz CT molecular complexity index is 1060. The van der Waals surface area contributed by atoms with Crippen molar-refractivity contribution in [1.29, 1.82) is 0 Å². The zero-order chi connectivity index (χ0) is 21.5. The molecule has 3 N–H and O–H groups in total. The quantitative estimate of drug-likeness (QED) is 0.495. The number of rotatable bonds is 7. The molecule has 1 aromatic heterocycles. The first-order valence-corrected chi connectivity index (χ1v) is 9.94. The van der Waals surface area contributed by atoms with E-state index in [9.17, 15) is 19.5 Å². The molecule has 30 heavy (non-hydrogen) atoms. The van der Waals surface area contributed by atoms with E-state index in [0.717, 1.165) is 4.90 Å². The smallest absolute Gasteiger partial charge is 0.336 e. The molecule has 152 valence electrons. The fourth-order valence-corrected chi connectivity index (χ4v) is 3.47. The minimum atomic E-state index is -1.16. The number of pyridine rings is 1. The second kappa shape index (κ2) is 9.71. The molecule has 2 aromatic carbocycles. The number of benzene rings is 2. The van der Waals surface area contributed by atoms with E-state index >= 15 is 0 Å². The Morgan fingerprint density at radius 2 is 1.57 bits per heavy atom. The highest BCUT2D eigenvalue weighted by Gasteiger charge is 2.17. The number of carboxylic acid groups (broad SMARTS) is 1. The number of aromatic nitrogens is 1. The zero-order valence-electron chi connectivity index (χ0n) is 16.0. The Kier molecular flexibility index (Phi) is 6.82. The summed E-state index contributed by atoms with van der Waals surface area (Å²) in [4.78, 5) is 40.9. The summed E-state index contributed by atoms with van der Waals surface area (Å²) in [5, 5.41) is 14.3. The van der Waals surface area contributed by atoms with Crippen molar-refractivity contribution in [2.24, 2.45) is 0 Å². The number of thioether (sulfide) groups is 1. The van der Waals surface area contributed by atoms with Crippen LogP contribution in [0.25, 0.3) is 0 Å². The monoisotopic (exact) mass is 421 g/mol. The summed E-state index contributed by atoms with van der Waals surface area (Å²) in [5.41, 5.74) is 0.549. The highest BCUT2D eigenvalue weighted by Crippen LogP contribution is 2.26. The Morgan fingerprint density at radius 3 is 2.20 bits per heavy atom. The first-order chi connectivity index (χ1) is 14.4. The van der Waals surface area contributed by atoms with Crippen molar-refractivity contribution >= 4 is 41.1 Å². The van der Waals surface area contributed by atoms with E-state index in [-0.39, 0.29) is 22.3 Å². The summed E-state index contributed by atoms with van der Waals surface area (Å²) in [6.45, 7) is 1.79. The van der Waals surface area contributed by atoms with E-state index in [4.69, 9.17) is 0 Å². The van der Waals surface area contributed by atoms with Gasteiger partial charge >= 0.3 is 5.97 Å². The van der Waals surface area contributed by atoms with Crippen LogP contribution in [0, 0.1) is 0 Å². The molecule has 1 atom stereocenters. The number of amides is 2. The van der Waals surface area contributed by atoms with Gasteiger partial charge in [0.15, 0.2) is 0 Å². The van der Waals surface area contributed by atoms with Crippen LogP contribution in [-0.2, 0) is 4.79 Å². The Balaban J connectivity index is 1.60. The van der Waals surface area contributed by atoms with E-state index in [2.05, 4.69) is 15.6 Å². The molecule has 0 aliphatic carbocycles. The fourth-order valence-electron chi connectivity index (χ4n) is 2.61. The summed E-state index contributed by atoms with van der Waals surface area (Å²) < 4.78 is 0. The molecule has 2 amide bonds. The van der Waals surface area contributed by atoms with E-state index in [1.165, 1.54) is 23.9 Å². The normalized spacial score (nSPS) is 11.4. The topological polar surface area (TPSA) is 108 Å². The third-order valence-electron chi connectivity index (χ3n) is 4.11. The number of hydrogen-bond donors (Lipinski definition) is 3. The molecular weight excluding hydrogens is 402 g/mol. The maximum absolute atomic E-state index is 12.4. The lowest BCUT2D eigenvalue weighted by molar-refractivity contribution is -0.115. The number of nitrogens with one attached hydrogen (secondary N) is 2. The Morgan fingerprint density at radius 1 is 0.900 bits per heavy atom. The summed E-state index contributed by atoms with van der Waals surface area (Å²) in [7, 11) is 0. The summed E-state index contributed by atoms with van der Waals surface area (Å²) in [6.07, 6.45) is 1.61. The lowest BCUT2D eigenvalue weighted by atomic mass is 10.1. The van der Waals surface area contributed by atoms with Crippen molar-refractivity contribution in [2.75, 3.05) is 10.6 Å². The van der Waals surface area contributed by atoms with Crippen LogP contribution >= 0.6 is 11.8 Å². The maximum atomic E-state index is 12.4. The Hall–Kier alpha value is -3.65. The van der Waals surface area contributed by atoms with Crippen LogP contribution in [0.4, 0.5) is 11.5 Å². The number of aromatic carboxylic acids is 1. The number of carboxylic acids is 1. The first-order valence-electron chi connectivity index (χ1n) is 9.06. The van der Waals surface area contributed by atoms with Crippen LogP contribution in [0.1, 0.15) is 27.6 Å². The predicted molar refractivity (Wildman–Crippen MR) is 116 cm³/mol. The molecule has 1 heterocycles. The molecule has 0 aliphatic heterocycles. The molecule has 8 heteroatoms. The highest BCUT2D eigenvalue weighted by molar-refractivity contribution is 8.00. The van der Waals surface area contributed by atoms with Gasteiger partial charge in [-0.15, -0.1) is 11.8 Å². The largest absolute Gasteiger partial charge is 0.478 e. The van der Waals surface area contributed by atoms with Crippen LogP contribution in [0.5, 0.6) is 0 Å². The zero-order valence-corrected chi connectivity index (χ0v) is 16.8. The lowest BCUT2D eigenvalue weighted by Crippen LogP contribution is -2.22. The van der Waals surface area contributed by atoms with Crippen LogP contribution in [-0.4, -0.2) is 33.1 Å². The summed E-state index contributed by atoms with van der Waals surface area (Å²) in [6, 6.07) is 18.3. The van der Waals surface area contributed by atoms with Gasteiger partial charge in [-0.1, -0.05) is 18.2 Å². The van der Waals surface area contributed by atoms with Crippen molar-refractivity contribution in [2.45, 2.75) is 17.1 Å². The van der Waals surface area contributed by atoms with Gasteiger partial charge in [-0.3, -0.25) is 9.59 Å². The minimum Gasteiger partial charge on any atom is -0.478 e. The SMILES string of the molecule is CC(Sc1ccc(NC(=O)c2ccccc2C(=O)O)cc1)C(=O)Nc1ccccn1. The van der Waals surface area contributed by atoms with Crippen LogP contribution in [0.3, 0.4) is 0 Å². The highest BCUT2D eigenvalue weighted by atomic mass is 32.2. The molecule has 0 radical (unpaired) electrons. The maximum Gasteiger partial charge on any atom is 0.336 e. The van der Waals surface area contributed by atoms with Crippen molar-refractivity contribution in [1.82, 2.24) is 4.98 Å². The molecule has 0 saturated heterocycles. The number of anilines is 2. The molecule has 0 spiro atoms. The average Bonchev–Trinajstić information content (AvgIpc) is 2.75.